The van der Waals surface area contributed by atoms with Crippen LogP contribution in [0, 0.1) is 5.82 Å². The van der Waals surface area contributed by atoms with Crippen LogP contribution in [0.3, 0.4) is 0 Å². The molecule has 1 aliphatic rings. The predicted molar refractivity (Wildman–Crippen MR) is 93.3 cm³/mol. The Labute approximate surface area is 141 Å². The van der Waals surface area contributed by atoms with Gasteiger partial charge < -0.3 is 10.6 Å². The summed E-state index contributed by atoms with van der Waals surface area (Å²) in [6.45, 7) is 4.65. The monoisotopic (exact) mass is 327 g/mol. The van der Waals surface area contributed by atoms with Gasteiger partial charge in [0.15, 0.2) is 0 Å². The maximum atomic E-state index is 13.2. The first-order valence-electron chi connectivity index (χ1n) is 8.13. The van der Waals surface area contributed by atoms with Crippen LogP contribution in [0.5, 0.6) is 0 Å². The molecule has 1 atom stereocenters. The zero-order chi connectivity index (χ0) is 17.0. The molecule has 0 bridgehead atoms. The molecule has 3 rings (SSSR count). The molecule has 1 saturated heterocycles. The summed E-state index contributed by atoms with van der Waals surface area (Å²) >= 11 is 0. The Morgan fingerprint density at radius 3 is 2.75 bits per heavy atom. The smallest absolute Gasteiger partial charge is 0.319 e. The molecular weight excluding hydrogens is 305 g/mol. The number of halogens is 1. The van der Waals surface area contributed by atoms with Gasteiger partial charge in [0.1, 0.15) is 5.82 Å². The van der Waals surface area contributed by atoms with Gasteiger partial charge in [0.25, 0.3) is 0 Å². The normalized spacial score (nSPS) is 20.8. The fourth-order valence-corrected chi connectivity index (χ4v) is 3.14. The number of carbonyl (C=O) groups is 1. The SMILES string of the molecule is CC1(NC(=O)Nc2cccc(F)c2)CCN(Cc2ccccc2)C1. The predicted octanol–water partition coefficient (Wildman–Crippen LogP) is 3.61. The fraction of sp³-hybridized carbons (Fsp3) is 0.316. The van der Waals surface area contributed by atoms with Gasteiger partial charge >= 0.3 is 6.03 Å². The first-order chi connectivity index (χ1) is 11.5. The highest BCUT2D eigenvalue weighted by Crippen LogP contribution is 2.23. The van der Waals surface area contributed by atoms with Crippen LogP contribution in [0.25, 0.3) is 0 Å². The molecule has 4 nitrogen and oxygen atoms in total. The van der Waals surface area contributed by atoms with E-state index in [0.29, 0.717) is 5.69 Å². The molecule has 0 radical (unpaired) electrons. The van der Waals surface area contributed by atoms with E-state index in [1.54, 1.807) is 12.1 Å². The van der Waals surface area contributed by atoms with Crippen LogP contribution in [-0.2, 0) is 6.54 Å². The van der Waals surface area contributed by atoms with E-state index in [1.165, 1.54) is 17.7 Å². The molecule has 126 valence electrons. The quantitative estimate of drug-likeness (QED) is 0.901. The second kappa shape index (κ2) is 7.01. The first-order valence-corrected chi connectivity index (χ1v) is 8.13. The van der Waals surface area contributed by atoms with Crippen LogP contribution >= 0.6 is 0 Å². The van der Waals surface area contributed by atoms with Gasteiger partial charge in [-0.25, -0.2) is 9.18 Å². The van der Waals surface area contributed by atoms with Gasteiger partial charge in [-0.3, -0.25) is 4.90 Å². The van der Waals surface area contributed by atoms with Gasteiger partial charge in [0.2, 0.25) is 0 Å². The van der Waals surface area contributed by atoms with Gasteiger partial charge in [-0.05, 0) is 37.1 Å². The summed E-state index contributed by atoms with van der Waals surface area (Å²) in [5.41, 5.74) is 1.44. The molecule has 2 N–H and O–H groups in total. The lowest BCUT2D eigenvalue weighted by Gasteiger charge is -2.26. The summed E-state index contributed by atoms with van der Waals surface area (Å²) in [7, 11) is 0. The minimum atomic E-state index is -0.367. The largest absolute Gasteiger partial charge is 0.331 e. The average Bonchev–Trinajstić information content (AvgIpc) is 2.88. The third-order valence-electron chi connectivity index (χ3n) is 4.30. The maximum absolute atomic E-state index is 13.2. The number of hydrogen-bond acceptors (Lipinski definition) is 2. The van der Waals surface area contributed by atoms with Crippen molar-refractivity contribution in [2.75, 3.05) is 18.4 Å². The molecule has 0 spiro atoms. The minimum absolute atomic E-state index is 0.286. The van der Waals surface area contributed by atoms with Gasteiger partial charge in [0, 0.05) is 25.3 Å². The molecule has 0 saturated carbocycles. The number of nitrogens with one attached hydrogen (secondary N) is 2. The van der Waals surface area contributed by atoms with Gasteiger partial charge in [-0.2, -0.15) is 0 Å². The van der Waals surface area contributed by atoms with Crippen LogP contribution in [0.2, 0.25) is 0 Å². The lowest BCUT2D eigenvalue weighted by Crippen LogP contribution is -2.49. The van der Waals surface area contributed by atoms with E-state index < -0.39 is 0 Å². The molecule has 1 unspecified atom stereocenters. The van der Waals surface area contributed by atoms with E-state index in [1.807, 2.05) is 25.1 Å². The van der Waals surface area contributed by atoms with Crippen molar-refractivity contribution < 1.29 is 9.18 Å². The number of likely N-dealkylation sites (tertiary alicyclic amines) is 1. The van der Waals surface area contributed by atoms with Crippen molar-refractivity contribution in [3.05, 3.63) is 66.0 Å². The fourth-order valence-electron chi connectivity index (χ4n) is 3.14. The summed E-state index contributed by atoms with van der Waals surface area (Å²) in [5, 5.41) is 5.72. The Balaban J connectivity index is 1.54. The Hall–Kier alpha value is -2.40. The number of hydrogen-bond donors (Lipinski definition) is 2. The topological polar surface area (TPSA) is 44.4 Å². The Morgan fingerprint density at radius 2 is 2.00 bits per heavy atom. The van der Waals surface area contributed by atoms with E-state index in [0.717, 1.165) is 26.1 Å². The second-order valence-corrected chi connectivity index (χ2v) is 6.60. The highest BCUT2D eigenvalue weighted by atomic mass is 19.1. The first kappa shape index (κ1) is 16.5. The van der Waals surface area contributed by atoms with Crippen molar-refractivity contribution in [1.29, 1.82) is 0 Å². The van der Waals surface area contributed by atoms with Crippen molar-refractivity contribution in [3.8, 4) is 0 Å². The molecule has 1 heterocycles. The van der Waals surface area contributed by atoms with Crippen LogP contribution in [0.1, 0.15) is 18.9 Å². The van der Waals surface area contributed by atoms with Crippen LogP contribution in [0.15, 0.2) is 54.6 Å². The number of benzene rings is 2. The molecule has 1 aliphatic heterocycles. The van der Waals surface area contributed by atoms with Crippen molar-refractivity contribution in [1.82, 2.24) is 10.2 Å². The molecule has 5 heteroatoms. The molecule has 2 aromatic carbocycles. The molecule has 0 aliphatic carbocycles. The molecule has 1 fully saturated rings. The van der Waals surface area contributed by atoms with E-state index >= 15 is 0 Å². The second-order valence-electron chi connectivity index (χ2n) is 6.60. The lowest BCUT2D eigenvalue weighted by atomic mass is 10.0. The van der Waals surface area contributed by atoms with E-state index in [2.05, 4.69) is 27.7 Å². The van der Waals surface area contributed by atoms with Gasteiger partial charge in [0.05, 0.1) is 5.54 Å². The number of carbonyl (C=O) groups excluding carboxylic acids is 1. The zero-order valence-electron chi connectivity index (χ0n) is 13.8. The number of nitrogens with zero attached hydrogens (tertiary/aromatic N) is 1. The summed E-state index contributed by atoms with van der Waals surface area (Å²) in [6.07, 6.45) is 0.885. The lowest BCUT2D eigenvalue weighted by molar-refractivity contribution is 0.236. The number of anilines is 1. The summed E-state index contributed by atoms with van der Waals surface area (Å²) in [6, 6.07) is 15.9. The zero-order valence-corrected chi connectivity index (χ0v) is 13.8. The van der Waals surface area contributed by atoms with Gasteiger partial charge in [-0.15, -0.1) is 0 Å². The van der Waals surface area contributed by atoms with Crippen molar-refractivity contribution in [2.24, 2.45) is 0 Å². The summed E-state index contributed by atoms with van der Waals surface area (Å²) in [4.78, 5) is 14.5. The summed E-state index contributed by atoms with van der Waals surface area (Å²) < 4.78 is 13.2. The molecule has 2 amide bonds. The van der Waals surface area contributed by atoms with Crippen molar-refractivity contribution in [3.63, 3.8) is 0 Å². The number of urea groups is 1. The van der Waals surface area contributed by atoms with Crippen molar-refractivity contribution >= 4 is 11.7 Å². The van der Waals surface area contributed by atoms with Crippen LogP contribution < -0.4 is 10.6 Å². The highest BCUT2D eigenvalue weighted by molar-refractivity contribution is 5.89. The Bertz CT molecular complexity index is 707. The standard InChI is InChI=1S/C19H22FN3O/c1-19(22-18(24)21-17-9-5-8-16(20)12-17)10-11-23(14-19)13-15-6-3-2-4-7-15/h2-9,12H,10-11,13-14H2,1H3,(H2,21,22,24). The average molecular weight is 327 g/mol. The third-order valence-corrected chi connectivity index (χ3v) is 4.30. The molecular formula is C19H22FN3O. The number of amides is 2. The van der Waals surface area contributed by atoms with E-state index in [-0.39, 0.29) is 17.4 Å². The van der Waals surface area contributed by atoms with Crippen LogP contribution in [0.4, 0.5) is 14.9 Å². The minimum Gasteiger partial charge on any atom is -0.331 e. The number of rotatable bonds is 4. The molecule has 2 aromatic rings. The Morgan fingerprint density at radius 1 is 1.21 bits per heavy atom. The van der Waals surface area contributed by atoms with Crippen molar-refractivity contribution in [2.45, 2.75) is 25.4 Å². The van der Waals surface area contributed by atoms with Crippen LogP contribution in [-0.4, -0.2) is 29.6 Å². The summed E-state index contributed by atoms with van der Waals surface area (Å²) in [5.74, 6) is -0.367. The Kier molecular flexibility index (Phi) is 4.81. The van der Waals surface area contributed by atoms with E-state index in [4.69, 9.17) is 0 Å². The molecule has 24 heavy (non-hydrogen) atoms. The van der Waals surface area contributed by atoms with E-state index in [9.17, 15) is 9.18 Å². The van der Waals surface area contributed by atoms with Gasteiger partial charge in [-0.1, -0.05) is 36.4 Å². The third kappa shape index (κ3) is 4.32. The molecule has 0 aromatic heterocycles. The maximum Gasteiger partial charge on any atom is 0.319 e. The highest BCUT2D eigenvalue weighted by Gasteiger charge is 2.34.